The molecule has 1 unspecified atom stereocenters. The molecule has 3 rings (SSSR count). The second-order valence-electron chi connectivity index (χ2n) is 6.82. The number of nitrogen functional groups attached to an aromatic ring is 1. The molecule has 0 bridgehead atoms. The Morgan fingerprint density at radius 1 is 1.31 bits per heavy atom. The molecule has 0 saturated heterocycles. The monoisotopic (exact) mass is 398 g/mol. The highest BCUT2D eigenvalue weighted by Gasteiger charge is 2.28. The summed E-state index contributed by atoms with van der Waals surface area (Å²) in [6.07, 6.45) is 2.63. The van der Waals surface area contributed by atoms with Crippen LogP contribution < -0.4 is 10.6 Å². The molecule has 2 aromatic rings. The van der Waals surface area contributed by atoms with Crippen LogP contribution in [0.3, 0.4) is 0 Å². The van der Waals surface area contributed by atoms with Gasteiger partial charge in [0.1, 0.15) is 0 Å². The third-order valence-electron chi connectivity index (χ3n) is 5.14. The Bertz CT molecular complexity index is 788. The molecule has 26 heavy (non-hydrogen) atoms. The maximum Gasteiger partial charge on any atom is 0.230 e. The van der Waals surface area contributed by atoms with Crippen LogP contribution in [-0.2, 0) is 24.7 Å². The molecule has 2 N–H and O–H groups in total. The van der Waals surface area contributed by atoms with E-state index in [9.17, 15) is 4.79 Å². The van der Waals surface area contributed by atoms with Crippen LogP contribution in [0.4, 0.5) is 11.4 Å². The van der Waals surface area contributed by atoms with Crippen molar-refractivity contribution in [2.24, 2.45) is 13.0 Å². The molecule has 144 valence electrons. The van der Waals surface area contributed by atoms with Crippen molar-refractivity contribution >= 4 is 42.1 Å². The lowest BCUT2D eigenvalue weighted by Gasteiger charge is -2.32. The van der Waals surface area contributed by atoms with E-state index in [0.29, 0.717) is 0 Å². The van der Waals surface area contributed by atoms with Crippen LogP contribution >= 0.6 is 24.8 Å². The summed E-state index contributed by atoms with van der Waals surface area (Å²) >= 11 is 0. The van der Waals surface area contributed by atoms with E-state index in [2.05, 4.69) is 12.0 Å². The summed E-state index contributed by atoms with van der Waals surface area (Å²) in [5, 5.41) is 4.46. The minimum Gasteiger partial charge on any atom is -0.398 e. The Kier molecular flexibility index (Phi) is 7.54. The first kappa shape index (κ1) is 22.3. The van der Waals surface area contributed by atoms with Crippen LogP contribution in [0.5, 0.6) is 0 Å². The van der Waals surface area contributed by atoms with Gasteiger partial charge in [-0.3, -0.25) is 9.48 Å². The number of carbonyl (C=O) groups is 1. The molecule has 2 heterocycles. The van der Waals surface area contributed by atoms with Crippen molar-refractivity contribution in [2.45, 2.75) is 40.0 Å². The number of halogens is 2. The lowest BCUT2D eigenvalue weighted by molar-refractivity contribution is -0.122. The number of aryl methyl sites for hydroxylation is 2. The summed E-state index contributed by atoms with van der Waals surface area (Å²) in [7, 11) is 1.95. The van der Waals surface area contributed by atoms with Gasteiger partial charge in [-0.1, -0.05) is 13.0 Å². The third kappa shape index (κ3) is 3.99. The minimum atomic E-state index is -0.0843. The van der Waals surface area contributed by atoms with Crippen LogP contribution in [0.1, 0.15) is 35.9 Å². The molecule has 1 aromatic heterocycles. The zero-order valence-electron chi connectivity index (χ0n) is 15.8. The first-order chi connectivity index (χ1) is 11.4. The Labute approximate surface area is 167 Å². The minimum absolute atomic E-state index is 0. The third-order valence-corrected chi connectivity index (χ3v) is 5.14. The molecule has 7 heteroatoms. The predicted octanol–water partition coefficient (Wildman–Crippen LogP) is 3.62. The summed E-state index contributed by atoms with van der Waals surface area (Å²) in [5.74, 6) is 0.0863. The molecule has 0 spiro atoms. The lowest BCUT2D eigenvalue weighted by atomic mass is 9.95. The van der Waals surface area contributed by atoms with E-state index in [0.717, 1.165) is 54.1 Å². The van der Waals surface area contributed by atoms with Crippen molar-refractivity contribution in [1.82, 2.24) is 9.78 Å². The predicted molar refractivity (Wildman–Crippen MR) is 112 cm³/mol. The molecule has 1 aliphatic heterocycles. The largest absolute Gasteiger partial charge is 0.398 e. The second kappa shape index (κ2) is 8.78. The van der Waals surface area contributed by atoms with Gasteiger partial charge in [-0.05, 0) is 56.4 Å². The molecule has 0 aliphatic carbocycles. The van der Waals surface area contributed by atoms with E-state index in [1.54, 1.807) is 0 Å². The number of aromatic nitrogens is 2. The molecule has 0 radical (unpaired) electrons. The van der Waals surface area contributed by atoms with Crippen LogP contribution in [0.25, 0.3) is 0 Å². The number of fused-ring (bicyclic) bond motifs is 1. The first-order valence-electron chi connectivity index (χ1n) is 8.58. The Morgan fingerprint density at radius 3 is 2.62 bits per heavy atom. The summed E-state index contributed by atoms with van der Waals surface area (Å²) in [6.45, 7) is 6.85. The van der Waals surface area contributed by atoms with Crippen molar-refractivity contribution in [3.63, 3.8) is 0 Å². The highest BCUT2D eigenvalue weighted by Crippen LogP contribution is 2.32. The number of hydrogen-bond acceptors (Lipinski definition) is 3. The smallest absolute Gasteiger partial charge is 0.230 e. The summed E-state index contributed by atoms with van der Waals surface area (Å²) < 4.78 is 1.89. The number of anilines is 2. The van der Waals surface area contributed by atoms with Crippen molar-refractivity contribution in [3.05, 3.63) is 40.7 Å². The van der Waals surface area contributed by atoms with Gasteiger partial charge in [-0.15, -0.1) is 24.8 Å². The Morgan fingerprint density at radius 2 is 2.00 bits per heavy atom. The fourth-order valence-corrected chi connectivity index (χ4v) is 3.65. The van der Waals surface area contributed by atoms with Gasteiger partial charge < -0.3 is 10.6 Å². The highest BCUT2D eigenvalue weighted by molar-refractivity contribution is 5.97. The van der Waals surface area contributed by atoms with Crippen molar-refractivity contribution in [1.29, 1.82) is 0 Å². The quantitative estimate of drug-likeness (QED) is 0.802. The normalized spacial score (nSPS) is 14.1. The summed E-state index contributed by atoms with van der Waals surface area (Å²) in [6, 6.07) is 5.86. The SMILES string of the molecule is Cc1nn(C)c(C)c1CC(C)C(=O)N1CCCc2c(N)cccc21.Cl.Cl. The van der Waals surface area contributed by atoms with E-state index in [-0.39, 0.29) is 36.6 Å². The van der Waals surface area contributed by atoms with Crippen molar-refractivity contribution in [2.75, 3.05) is 17.2 Å². The zero-order chi connectivity index (χ0) is 17.4. The fraction of sp³-hybridized carbons (Fsp3) is 0.474. The van der Waals surface area contributed by atoms with Gasteiger partial charge in [-0.2, -0.15) is 5.10 Å². The molecule has 0 fully saturated rings. The van der Waals surface area contributed by atoms with E-state index >= 15 is 0 Å². The molecule has 1 amide bonds. The van der Waals surface area contributed by atoms with Gasteiger partial charge in [0.05, 0.1) is 5.69 Å². The summed E-state index contributed by atoms with van der Waals surface area (Å²) in [5.41, 5.74) is 12.3. The number of nitrogens with two attached hydrogens (primary N) is 1. The Hall–Kier alpha value is -1.72. The Balaban J connectivity index is 0.00000169. The van der Waals surface area contributed by atoms with E-state index in [1.807, 2.05) is 48.7 Å². The molecule has 5 nitrogen and oxygen atoms in total. The maximum absolute atomic E-state index is 13.1. The average Bonchev–Trinajstić information content (AvgIpc) is 2.80. The number of hydrogen-bond donors (Lipinski definition) is 1. The number of benzene rings is 1. The van der Waals surface area contributed by atoms with Gasteiger partial charge in [0.25, 0.3) is 0 Å². The molecular formula is C19H28Cl2N4O. The van der Waals surface area contributed by atoms with Crippen molar-refractivity contribution < 1.29 is 4.79 Å². The van der Waals surface area contributed by atoms with Crippen LogP contribution in [-0.4, -0.2) is 22.2 Å². The topological polar surface area (TPSA) is 64.2 Å². The van der Waals surface area contributed by atoms with Gasteiger partial charge >= 0.3 is 0 Å². The van der Waals surface area contributed by atoms with Gasteiger partial charge in [-0.25, -0.2) is 0 Å². The standard InChI is InChI=1S/C19H26N4O.2ClH/c1-12(11-16-13(2)21-22(4)14(16)3)19(24)23-10-6-7-15-17(20)8-5-9-18(15)23;;/h5,8-9,12H,6-7,10-11,20H2,1-4H3;2*1H. The van der Waals surface area contributed by atoms with Gasteiger partial charge in [0.15, 0.2) is 0 Å². The fourth-order valence-electron chi connectivity index (χ4n) is 3.65. The second-order valence-corrected chi connectivity index (χ2v) is 6.82. The number of carbonyl (C=O) groups excluding carboxylic acids is 1. The van der Waals surface area contributed by atoms with E-state index in [1.165, 1.54) is 5.56 Å². The highest BCUT2D eigenvalue weighted by atomic mass is 35.5. The van der Waals surface area contributed by atoms with Gasteiger partial charge in [0.2, 0.25) is 5.91 Å². The number of amides is 1. The van der Waals surface area contributed by atoms with Crippen LogP contribution in [0, 0.1) is 19.8 Å². The first-order valence-corrected chi connectivity index (χ1v) is 8.58. The lowest BCUT2D eigenvalue weighted by Crippen LogP contribution is -2.39. The van der Waals surface area contributed by atoms with Crippen LogP contribution in [0.2, 0.25) is 0 Å². The zero-order valence-corrected chi connectivity index (χ0v) is 17.4. The molecule has 1 atom stereocenters. The molecule has 1 aliphatic rings. The number of nitrogens with zero attached hydrogens (tertiary/aromatic N) is 3. The molecular weight excluding hydrogens is 371 g/mol. The van der Waals surface area contributed by atoms with Crippen LogP contribution in [0.15, 0.2) is 18.2 Å². The van der Waals surface area contributed by atoms with E-state index < -0.39 is 0 Å². The molecule has 0 saturated carbocycles. The van der Waals surface area contributed by atoms with Gasteiger partial charge in [0, 0.05) is 36.6 Å². The summed E-state index contributed by atoms with van der Waals surface area (Å²) in [4.78, 5) is 15.0. The molecule has 1 aromatic carbocycles. The van der Waals surface area contributed by atoms with E-state index in [4.69, 9.17) is 5.73 Å². The number of rotatable bonds is 3. The average molecular weight is 399 g/mol. The maximum atomic E-state index is 13.1. The van der Waals surface area contributed by atoms with Crippen molar-refractivity contribution in [3.8, 4) is 0 Å².